The highest BCUT2D eigenvalue weighted by Crippen LogP contribution is 2.12. The second-order valence-electron chi connectivity index (χ2n) is 3.66. The van der Waals surface area contributed by atoms with Gasteiger partial charge in [-0.15, -0.1) is 0 Å². The normalized spacial score (nSPS) is 11.9. The molecular formula is C12H14BrNO3S. The Morgan fingerprint density at radius 1 is 1.50 bits per heavy atom. The van der Waals surface area contributed by atoms with Crippen LogP contribution in [0.1, 0.15) is 16.8 Å². The van der Waals surface area contributed by atoms with E-state index in [9.17, 15) is 9.59 Å². The Morgan fingerprint density at radius 2 is 2.22 bits per heavy atom. The maximum absolute atomic E-state index is 11.9. The predicted molar refractivity (Wildman–Crippen MR) is 76.0 cm³/mol. The predicted octanol–water partition coefficient (Wildman–Crippen LogP) is 2.39. The van der Waals surface area contributed by atoms with Crippen LogP contribution in [0.3, 0.4) is 0 Å². The number of halogens is 1. The molecule has 1 rings (SSSR count). The summed E-state index contributed by atoms with van der Waals surface area (Å²) in [5, 5.41) is 11.5. The van der Waals surface area contributed by atoms with E-state index in [0.29, 0.717) is 17.7 Å². The first-order chi connectivity index (χ1) is 8.54. The minimum Gasteiger partial charge on any atom is -0.480 e. The first kappa shape index (κ1) is 15.0. The third kappa shape index (κ3) is 4.70. The van der Waals surface area contributed by atoms with Gasteiger partial charge in [-0.2, -0.15) is 11.8 Å². The van der Waals surface area contributed by atoms with Gasteiger partial charge in [0, 0.05) is 10.0 Å². The van der Waals surface area contributed by atoms with Gasteiger partial charge < -0.3 is 10.4 Å². The number of hydrogen-bond donors (Lipinski definition) is 2. The number of nitrogens with one attached hydrogen (secondary N) is 1. The van der Waals surface area contributed by atoms with Crippen LogP contribution in [-0.4, -0.2) is 35.0 Å². The molecule has 0 saturated heterocycles. The molecule has 0 unspecified atom stereocenters. The van der Waals surface area contributed by atoms with E-state index in [4.69, 9.17) is 5.11 Å². The minimum absolute atomic E-state index is 0.371. The molecule has 0 fully saturated rings. The molecule has 4 nitrogen and oxygen atoms in total. The van der Waals surface area contributed by atoms with Crippen LogP contribution >= 0.6 is 27.7 Å². The third-order valence-corrected chi connectivity index (χ3v) is 3.44. The Morgan fingerprint density at radius 3 is 2.78 bits per heavy atom. The van der Waals surface area contributed by atoms with E-state index in [2.05, 4.69) is 21.2 Å². The number of carboxylic acid groups (broad SMARTS) is 1. The van der Waals surface area contributed by atoms with Crippen LogP contribution in [0.25, 0.3) is 0 Å². The first-order valence-electron chi connectivity index (χ1n) is 5.32. The van der Waals surface area contributed by atoms with Gasteiger partial charge in [0.1, 0.15) is 6.04 Å². The Labute approximate surface area is 118 Å². The number of carbonyl (C=O) groups excluding carboxylic acids is 1. The van der Waals surface area contributed by atoms with Crippen molar-refractivity contribution in [1.29, 1.82) is 0 Å². The molecule has 2 N–H and O–H groups in total. The molecular weight excluding hydrogens is 318 g/mol. The molecule has 0 aliphatic carbocycles. The van der Waals surface area contributed by atoms with Gasteiger partial charge in [-0.3, -0.25) is 4.79 Å². The van der Waals surface area contributed by atoms with Crippen LogP contribution in [0.5, 0.6) is 0 Å². The Hall–Kier alpha value is -1.01. The lowest BCUT2D eigenvalue weighted by Gasteiger charge is -2.14. The number of hydrogen-bond acceptors (Lipinski definition) is 3. The van der Waals surface area contributed by atoms with Gasteiger partial charge in [-0.1, -0.05) is 22.0 Å². The largest absolute Gasteiger partial charge is 0.480 e. The summed E-state index contributed by atoms with van der Waals surface area (Å²) in [6, 6.07) is 6.00. The second kappa shape index (κ2) is 7.43. The molecule has 0 aromatic heterocycles. The molecule has 18 heavy (non-hydrogen) atoms. The highest BCUT2D eigenvalue weighted by Gasteiger charge is 2.20. The molecule has 1 amide bonds. The lowest BCUT2D eigenvalue weighted by molar-refractivity contribution is -0.139. The van der Waals surface area contributed by atoms with Crippen molar-refractivity contribution in [3.05, 3.63) is 34.3 Å². The summed E-state index contributed by atoms with van der Waals surface area (Å²) in [6.07, 6.45) is 2.31. The van der Waals surface area contributed by atoms with Gasteiger partial charge in [0.05, 0.1) is 0 Å². The number of carbonyl (C=O) groups is 2. The smallest absolute Gasteiger partial charge is 0.326 e. The third-order valence-electron chi connectivity index (χ3n) is 2.30. The molecule has 98 valence electrons. The Bertz CT molecular complexity index is 439. The van der Waals surface area contributed by atoms with Crippen molar-refractivity contribution in [2.75, 3.05) is 12.0 Å². The molecule has 0 aliphatic heterocycles. The molecule has 0 spiro atoms. The number of amides is 1. The van der Waals surface area contributed by atoms with E-state index in [1.54, 1.807) is 36.0 Å². The molecule has 0 aliphatic rings. The van der Waals surface area contributed by atoms with E-state index < -0.39 is 12.0 Å². The summed E-state index contributed by atoms with van der Waals surface area (Å²) >= 11 is 4.82. The Balaban J connectivity index is 2.69. The molecule has 0 heterocycles. The van der Waals surface area contributed by atoms with E-state index in [1.807, 2.05) is 6.26 Å². The molecule has 1 aromatic rings. The van der Waals surface area contributed by atoms with Crippen LogP contribution in [0.4, 0.5) is 0 Å². The van der Waals surface area contributed by atoms with E-state index >= 15 is 0 Å². The van der Waals surface area contributed by atoms with Crippen molar-refractivity contribution >= 4 is 39.6 Å². The van der Waals surface area contributed by atoms with Crippen LogP contribution in [0.2, 0.25) is 0 Å². The molecule has 6 heteroatoms. The van der Waals surface area contributed by atoms with Crippen molar-refractivity contribution in [2.45, 2.75) is 12.5 Å². The average Bonchev–Trinajstić information content (AvgIpc) is 2.33. The molecule has 0 saturated carbocycles. The zero-order valence-corrected chi connectivity index (χ0v) is 12.3. The summed E-state index contributed by atoms with van der Waals surface area (Å²) in [7, 11) is 0. The minimum atomic E-state index is -1.01. The van der Waals surface area contributed by atoms with Crippen molar-refractivity contribution in [2.24, 2.45) is 0 Å². The SMILES string of the molecule is CSCC[C@@H](NC(=O)c1cccc(Br)c1)C(=O)O. The fraction of sp³-hybridized carbons (Fsp3) is 0.333. The number of rotatable bonds is 6. The fourth-order valence-corrected chi connectivity index (χ4v) is 2.24. The standard InChI is InChI=1S/C12H14BrNO3S/c1-18-6-5-10(12(16)17)14-11(15)8-3-2-4-9(13)7-8/h2-4,7,10H,5-6H2,1H3,(H,14,15)(H,16,17)/t10-/m1/s1. The van der Waals surface area contributed by atoms with Crippen molar-refractivity contribution in [3.63, 3.8) is 0 Å². The van der Waals surface area contributed by atoms with Crippen LogP contribution < -0.4 is 5.32 Å². The van der Waals surface area contributed by atoms with E-state index in [1.165, 1.54) is 0 Å². The highest BCUT2D eigenvalue weighted by atomic mass is 79.9. The summed E-state index contributed by atoms with van der Waals surface area (Å²) in [6.45, 7) is 0. The lowest BCUT2D eigenvalue weighted by Crippen LogP contribution is -2.41. The first-order valence-corrected chi connectivity index (χ1v) is 7.51. The van der Waals surface area contributed by atoms with Crippen LogP contribution in [0, 0.1) is 0 Å². The number of benzene rings is 1. The summed E-state index contributed by atoms with van der Waals surface area (Å²) in [5.41, 5.74) is 0.444. The van der Waals surface area contributed by atoms with Gasteiger partial charge in [-0.05, 0) is 36.6 Å². The van der Waals surface area contributed by atoms with Gasteiger partial charge in [0.2, 0.25) is 0 Å². The van der Waals surface area contributed by atoms with Gasteiger partial charge in [0.15, 0.2) is 0 Å². The lowest BCUT2D eigenvalue weighted by atomic mass is 10.1. The zero-order chi connectivity index (χ0) is 13.5. The van der Waals surface area contributed by atoms with Crippen LogP contribution in [0.15, 0.2) is 28.7 Å². The Kier molecular flexibility index (Phi) is 6.21. The van der Waals surface area contributed by atoms with Gasteiger partial charge >= 0.3 is 5.97 Å². The van der Waals surface area contributed by atoms with Gasteiger partial charge in [-0.25, -0.2) is 4.79 Å². The topological polar surface area (TPSA) is 66.4 Å². The molecule has 0 bridgehead atoms. The molecule has 1 aromatic carbocycles. The van der Waals surface area contributed by atoms with E-state index in [0.717, 1.165) is 4.47 Å². The van der Waals surface area contributed by atoms with Crippen LogP contribution in [-0.2, 0) is 4.79 Å². The molecule has 1 atom stereocenters. The average molecular weight is 332 g/mol. The summed E-state index contributed by atoms with van der Waals surface area (Å²) in [5.74, 6) is -0.687. The number of thioether (sulfide) groups is 1. The fourth-order valence-electron chi connectivity index (χ4n) is 1.36. The number of carboxylic acids is 1. The van der Waals surface area contributed by atoms with Crippen molar-refractivity contribution in [3.8, 4) is 0 Å². The zero-order valence-electron chi connectivity index (χ0n) is 9.85. The summed E-state index contributed by atoms with van der Waals surface area (Å²) in [4.78, 5) is 22.9. The van der Waals surface area contributed by atoms with Crippen molar-refractivity contribution < 1.29 is 14.7 Å². The monoisotopic (exact) mass is 331 g/mol. The maximum atomic E-state index is 11.9. The highest BCUT2D eigenvalue weighted by molar-refractivity contribution is 9.10. The summed E-state index contributed by atoms with van der Waals surface area (Å²) < 4.78 is 0.783. The number of aliphatic carboxylic acids is 1. The van der Waals surface area contributed by atoms with E-state index in [-0.39, 0.29) is 5.91 Å². The second-order valence-corrected chi connectivity index (χ2v) is 5.56. The quantitative estimate of drug-likeness (QED) is 0.839. The molecule has 0 radical (unpaired) electrons. The van der Waals surface area contributed by atoms with Gasteiger partial charge in [0.25, 0.3) is 5.91 Å². The van der Waals surface area contributed by atoms with Crippen molar-refractivity contribution in [1.82, 2.24) is 5.32 Å². The maximum Gasteiger partial charge on any atom is 0.326 e.